The van der Waals surface area contributed by atoms with E-state index in [9.17, 15) is 13.2 Å². The summed E-state index contributed by atoms with van der Waals surface area (Å²) in [5.74, 6) is 0.0186. The fraction of sp³-hybridized carbons (Fsp3) is 0.526. The van der Waals surface area contributed by atoms with Crippen molar-refractivity contribution >= 4 is 15.9 Å². The van der Waals surface area contributed by atoms with Crippen molar-refractivity contribution in [2.24, 2.45) is 0 Å². The molecule has 0 saturated carbocycles. The second-order valence-corrected chi connectivity index (χ2v) is 9.33. The van der Waals surface area contributed by atoms with E-state index in [-0.39, 0.29) is 22.9 Å². The van der Waals surface area contributed by atoms with Gasteiger partial charge in [-0.3, -0.25) is 4.79 Å². The molecule has 134 valence electrons. The van der Waals surface area contributed by atoms with Gasteiger partial charge in [-0.25, -0.2) is 8.42 Å². The minimum absolute atomic E-state index is 0.0186. The van der Waals surface area contributed by atoms with Crippen LogP contribution in [0.1, 0.15) is 48.9 Å². The molecule has 1 amide bonds. The van der Waals surface area contributed by atoms with E-state index >= 15 is 0 Å². The Bertz CT molecular complexity index is 778. The lowest BCUT2D eigenvalue weighted by Crippen LogP contribution is -2.44. The Labute approximate surface area is 149 Å². The highest BCUT2D eigenvalue weighted by Gasteiger charge is 2.41. The Morgan fingerprint density at radius 2 is 1.56 bits per heavy atom. The number of hydrogen-bond acceptors (Lipinski definition) is 3. The van der Waals surface area contributed by atoms with Crippen LogP contribution in [0.25, 0.3) is 0 Å². The van der Waals surface area contributed by atoms with Crippen molar-refractivity contribution in [1.82, 2.24) is 9.21 Å². The lowest BCUT2D eigenvalue weighted by molar-refractivity contribution is 0.0635. The lowest BCUT2D eigenvalue weighted by Gasteiger charge is -2.36. The molecule has 3 saturated heterocycles. The number of rotatable bonds is 3. The van der Waals surface area contributed by atoms with Crippen LogP contribution in [0.3, 0.4) is 0 Å². The molecular formula is C19H24N2O3S. The summed E-state index contributed by atoms with van der Waals surface area (Å²) in [5, 5.41) is 0. The highest BCUT2D eigenvalue weighted by atomic mass is 32.2. The third kappa shape index (κ3) is 2.91. The first kappa shape index (κ1) is 16.8. The fourth-order valence-corrected chi connectivity index (χ4v) is 5.96. The molecule has 4 rings (SSSR count). The van der Waals surface area contributed by atoms with Gasteiger partial charge < -0.3 is 4.90 Å². The second-order valence-electron chi connectivity index (χ2n) is 7.39. The quantitative estimate of drug-likeness (QED) is 0.779. The molecule has 0 spiro atoms. The van der Waals surface area contributed by atoms with Crippen molar-refractivity contribution in [1.29, 1.82) is 0 Å². The molecule has 0 aliphatic carbocycles. The number of benzene rings is 1. The molecule has 1 aromatic rings. The predicted octanol–water partition coefficient (Wildman–Crippen LogP) is 2.79. The SMILES string of the molecule is C=C1CC2CCC(C1)N2C(=O)c1ccc(S(=O)(=O)N2CCCC2)cc1. The van der Waals surface area contributed by atoms with Crippen LogP contribution < -0.4 is 0 Å². The number of carbonyl (C=O) groups excluding carboxylic acids is 1. The molecule has 2 atom stereocenters. The highest BCUT2D eigenvalue weighted by molar-refractivity contribution is 7.89. The third-order valence-corrected chi connectivity index (χ3v) is 7.62. The second kappa shape index (κ2) is 6.25. The Balaban J connectivity index is 1.54. The first-order valence-electron chi connectivity index (χ1n) is 9.06. The number of hydrogen-bond donors (Lipinski definition) is 0. The van der Waals surface area contributed by atoms with Crippen molar-refractivity contribution < 1.29 is 13.2 Å². The zero-order chi connectivity index (χ0) is 17.6. The number of carbonyl (C=O) groups is 1. The summed E-state index contributed by atoms with van der Waals surface area (Å²) in [6.45, 7) is 5.26. The van der Waals surface area contributed by atoms with Gasteiger partial charge in [0.05, 0.1) is 4.90 Å². The van der Waals surface area contributed by atoms with E-state index in [0.29, 0.717) is 18.7 Å². The van der Waals surface area contributed by atoms with Gasteiger partial charge in [0.2, 0.25) is 10.0 Å². The zero-order valence-electron chi connectivity index (χ0n) is 14.4. The average Bonchev–Trinajstić information content (AvgIpc) is 3.22. The zero-order valence-corrected chi connectivity index (χ0v) is 15.2. The van der Waals surface area contributed by atoms with Crippen LogP contribution in [-0.4, -0.2) is 48.7 Å². The van der Waals surface area contributed by atoms with Gasteiger partial charge in [-0.15, -0.1) is 0 Å². The molecule has 0 radical (unpaired) electrons. The van der Waals surface area contributed by atoms with Crippen LogP contribution >= 0.6 is 0 Å². The van der Waals surface area contributed by atoms with Gasteiger partial charge in [0.15, 0.2) is 0 Å². The molecule has 2 unspecified atom stereocenters. The van der Waals surface area contributed by atoms with E-state index in [4.69, 9.17) is 0 Å². The smallest absolute Gasteiger partial charge is 0.254 e. The molecule has 3 aliphatic rings. The maximum Gasteiger partial charge on any atom is 0.254 e. The summed E-state index contributed by atoms with van der Waals surface area (Å²) in [5.41, 5.74) is 1.81. The Morgan fingerprint density at radius 1 is 1.00 bits per heavy atom. The van der Waals surface area contributed by atoms with Crippen LogP contribution in [0.2, 0.25) is 0 Å². The normalized spacial score (nSPS) is 27.0. The average molecular weight is 360 g/mol. The van der Waals surface area contributed by atoms with Crippen molar-refractivity contribution in [3.05, 3.63) is 42.0 Å². The fourth-order valence-electron chi connectivity index (χ4n) is 4.44. The van der Waals surface area contributed by atoms with Gasteiger partial charge in [0, 0.05) is 30.7 Å². The molecule has 2 bridgehead atoms. The first-order chi connectivity index (χ1) is 12.0. The van der Waals surface area contributed by atoms with Gasteiger partial charge in [0.1, 0.15) is 0 Å². The first-order valence-corrected chi connectivity index (χ1v) is 10.5. The largest absolute Gasteiger partial charge is 0.332 e. The molecule has 5 nitrogen and oxygen atoms in total. The van der Waals surface area contributed by atoms with Crippen molar-refractivity contribution in [2.75, 3.05) is 13.1 Å². The topological polar surface area (TPSA) is 57.7 Å². The molecule has 6 heteroatoms. The van der Waals surface area contributed by atoms with Crippen molar-refractivity contribution in [2.45, 2.75) is 55.5 Å². The van der Waals surface area contributed by atoms with Crippen LogP contribution in [0, 0.1) is 0 Å². The Hall–Kier alpha value is -1.66. The lowest BCUT2D eigenvalue weighted by atomic mass is 9.97. The van der Waals surface area contributed by atoms with E-state index in [1.54, 1.807) is 24.3 Å². The molecule has 0 aromatic heterocycles. The molecule has 3 heterocycles. The van der Waals surface area contributed by atoms with Crippen molar-refractivity contribution in [3.8, 4) is 0 Å². The van der Waals surface area contributed by atoms with E-state index in [2.05, 4.69) is 6.58 Å². The van der Waals surface area contributed by atoms with Crippen LogP contribution in [0.5, 0.6) is 0 Å². The molecule has 3 fully saturated rings. The van der Waals surface area contributed by atoms with Gasteiger partial charge in [-0.2, -0.15) is 4.31 Å². The maximum atomic E-state index is 12.9. The number of fused-ring (bicyclic) bond motifs is 2. The summed E-state index contributed by atoms with van der Waals surface area (Å²) >= 11 is 0. The predicted molar refractivity (Wildman–Crippen MR) is 95.8 cm³/mol. The maximum absolute atomic E-state index is 12.9. The minimum atomic E-state index is -3.43. The number of amides is 1. The molecule has 3 aliphatic heterocycles. The van der Waals surface area contributed by atoms with E-state index in [1.807, 2.05) is 4.90 Å². The van der Waals surface area contributed by atoms with Crippen molar-refractivity contribution in [3.63, 3.8) is 0 Å². The Kier molecular flexibility index (Phi) is 4.20. The van der Waals surface area contributed by atoms with Gasteiger partial charge in [-0.05, 0) is 62.8 Å². The summed E-state index contributed by atoms with van der Waals surface area (Å²) in [6, 6.07) is 6.98. The number of sulfonamides is 1. The van der Waals surface area contributed by atoms with E-state index in [1.165, 1.54) is 9.88 Å². The molecule has 0 N–H and O–H groups in total. The molecule has 1 aromatic carbocycles. The monoisotopic (exact) mass is 360 g/mol. The number of nitrogens with zero attached hydrogens (tertiary/aromatic N) is 2. The van der Waals surface area contributed by atoms with Crippen LogP contribution in [-0.2, 0) is 10.0 Å². The summed E-state index contributed by atoms with van der Waals surface area (Å²) in [6.07, 6.45) is 5.69. The van der Waals surface area contributed by atoms with Gasteiger partial charge in [0.25, 0.3) is 5.91 Å². The standard InChI is InChI=1S/C19H24N2O3S/c1-14-12-16-6-7-17(13-14)21(16)19(22)15-4-8-18(9-5-15)25(23,24)20-10-2-3-11-20/h4-5,8-9,16-17H,1-3,6-7,10-13H2. The van der Waals surface area contributed by atoms with E-state index in [0.717, 1.165) is 38.5 Å². The molecule has 25 heavy (non-hydrogen) atoms. The number of piperidine rings is 1. The summed E-state index contributed by atoms with van der Waals surface area (Å²) in [7, 11) is -3.43. The van der Waals surface area contributed by atoms with E-state index < -0.39 is 10.0 Å². The minimum Gasteiger partial charge on any atom is -0.332 e. The van der Waals surface area contributed by atoms with Crippen LogP contribution in [0.4, 0.5) is 0 Å². The van der Waals surface area contributed by atoms with Crippen LogP contribution in [0.15, 0.2) is 41.3 Å². The summed E-state index contributed by atoms with van der Waals surface area (Å²) < 4.78 is 26.7. The van der Waals surface area contributed by atoms with Gasteiger partial charge >= 0.3 is 0 Å². The third-order valence-electron chi connectivity index (χ3n) is 5.71. The summed E-state index contributed by atoms with van der Waals surface area (Å²) in [4.78, 5) is 15.2. The molecular weight excluding hydrogens is 336 g/mol. The Morgan fingerprint density at radius 3 is 2.12 bits per heavy atom. The van der Waals surface area contributed by atoms with Gasteiger partial charge in [-0.1, -0.05) is 12.2 Å². The highest BCUT2D eigenvalue weighted by Crippen LogP contribution is 2.38.